The van der Waals surface area contributed by atoms with E-state index >= 15 is 0 Å². The first-order valence-electron chi connectivity index (χ1n) is 10.2. The average Bonchev–Trinajstić information content (AvgIpc) is 3.24. The van der Waals surface area contributed by atoms with E-state index in [1.165, 1.54) is 24.3 Å². The number of nitro groups is 1. The summed E-state index contributed by atoms with van der Waals surface area (Å²) in [6.07, 6.45) is 1.72. The van der Waals surface area contributed by atoms with Crippen molar-refractivity contribution < 1.29 is 28.8 Å². The number of carbonyl (C=O) groups excluding carboxylic acids is 4. The van der Waals surface area contributed by atoms with Gasteiger partial charge < -0.3 is 4.74 Å². The van der Waals surface area contributed by atoms with Gasteiger partial charge in [0.05, 0.1) is 4.92 Å². The smallest absolute Gasteiger partial charge is 0.326 e. The summed E-state index contributed by atoms with van der Waals surface area (Å²) >= 11 is 0. The van der Waals surface area contributed by atoms with E-state index < -0.39 is 41.6 Å². The van der Waals surface area contributed by atoms with Gasteiger partial charge in [-0.15, -0.1) is 0 Å². The fourth-order valence-electron chi connectivity index (χ4n) is 4.39. The third kappa shape index (κ3) is 3.34. The van der Waals surface area contributed by atoms with Gasteiger partial charge in [-0.2, -0.15) is 0 Å². The molecule has 1 aliphatic carbocycles. The van der Waals surface area contributed by atoms with Gasteiger partial charge in [-0.05, 0) is 53.6 Å². The summed E-state index contributed by atoms with van der Waals surface area (Å²) < 4.78 is 4.98. The minimum Gasteiger partial charge on any atom is -0.456 e. The summed E-state index contributed by atoms with van der Waals surface area (Å²) in [7, 11) is 0. The minimum absolute atomic E-state index is 0.135. The molecule has 1 aliphatic heterocycles. The Bertz CT molecular complexity index is 1330. The van der Waals surface area contributed by atoms with Crippen LogP contribution in [-0.4, -0.2) is 46.5 Å². The number of ether oxygens (including phenoxy) is 1. The highest BCUT2D eigenvalue weighted by atomic mass is 16.6. The van der Waals surface area contributed by atoms with E-state index in [4.69, 9.17) is 4.74 Å². The Kier molecular flexibility index (Phi) is 4.74. The Morgan fingerprint density at radius 3 is 2.00 bits per heavy atom. The summed E-state index contributed by atoms with van der Waals surface area (Å²) in [5.41, 5.74) is 2.89. The molecule has 0 saturated heterocycles. The van der Waals surface area contributed by atoms with Gasteiger partial charge in [0.1, 0.15) is 6.54 Å². The number of aryl methyl sites for hydroxylation is 2. The second-order valence-electron chi connectivity index (χ2n) is 7.88. The van der Waals surface area contributed by atoms with Crippen molar-refractivity contribution in [2.45, 2.75) is 12.8 Å². The maximum absolute atomic E-state index is 13.0. The largest absolute Gasteiger partial charge is 0.456 e. The van der Waals surface area contributed by atoms with E-state index in [1.807, 2.05) is 12.1 Å². The number of carbonyl (C=O) groups is 4. The molecule has 0 atom stereocenters. The number of Topliss-reactive ketones (excluding diaryl/α,β-unsaturated/α-hetero) is 1. The average molecular weight is 444 g/mol. The Morgan fingerprint density at radius 1 is 0.879 bits per heavy atom. The third-order valence-electron chi connectivity index (χ3n) is 6.00. The summed E-state index contributed by atoms with van der Waals surface area (Å²) in [6.45, 7) is -1.25. The Labute approximate surface area is 186 Å². The molecule has 164 valence electrons. The zero-order valence-corrected chi connectivity index (χ0v) is 17.2. The van der Waals surface area contributed by atoms with Crippen LogP contribution in [0.5, 0.6) is 0 Å². The molecule has 9 heteroatoms. The van der Waals surface area contributed by atoms with Crippen LogP contribution in [0.4, 0.5) is 5.69 Å². The molecule has 0 radical (unpaired) electrons. The first-order valence-corrected chi connectivity index (χ1v) is 10.2. The number of hydrogen-bond acceptors (Lipinski definition) is 7. The molecule has 0 fully saturated rings. The number of non-ortho nitro benzene ring substituents is 1. The number of nitro benzene ring substituents is 1. The summed E-state index contributed by atoms with van der Waals surface area (Å²) in [6, 6.07) is 12.0. The minimum atomic E-state index is -0.913. The van der Waals surface area contributed by atoms with E-state index in [1.54, 1.807) is 12.1 Å². The molecular weight excluding hydrogens is 428 g/mol. The van der Waals surface area contributed by atoms with Crippen molar-refractivity contribution in [2.75, 3.05) is 13.2 Å². The maximum atomic E-state index is 13.0. The van der Waals surface area contributed by atoms with Gasteiger partial charge in [0.15, 0.2) is 12.4 Å². The van der Waals surface area contributed by atoms with Crippen LogP contribution in [0.3, 0.4) is 0 Å². The molecule has 0 unspecified atom stereocenters. The number of nitrogens with zero attached hydrogens (tertiary/aromatic N) is 2. The Morgan fingerprint density at radius 2 is 1.45 bits per heavy atom. The molecule has 33 heavy (non-hydrogen) atoms. The van der Waals surface area contributed by atoms with Gasteiger partial charge in [0, 0.05) is 34.2 Å². The van der Waals surface area contributed by atoms with Crippen LogP contribution in [-0.2, 0) is 22.4 Å². The van der Waals surface area contributed by atoms with E-state index in [2.05, 4.69) is 0 Å². The number of imide groups is 1. The fourth-order valence-corrected chi connectivity index (χ4v) is 4.39. The van der Waals surface area contributed by atoms with Gasteiger partial charge >= 0.3 is 5.97 Å². The van der Waals surface area contributed by atoms with E-state index in [9.17, 15) is 29.3 Å². The quantitative estimate of drug-likeness (QED) is 0.188. The topological polar surface area (TPSA) is 124 Å². The molecule has 2 amide bonds. The lowest BCUT2D eigenvalue weighted by Gasteiger charge is -2.26. The highest BCUT2D eigenvalue weighted by molar-refractivity contribution is 6.27. The second-order valence-corrected chi connectivity index (χ2v) is 7.88. The number of ketones is 1. The van der Waals surface area contributed by atoms with Crippen molar-refractivity contribution in [3.05, 3.63) is 86.5 Å². The van der Waals surface area contributed by atoms with Crippen LogP contribution in [0.15, 0.2) is 48.5 Å². The van der Waals surface area contributed by atoms with Crippen LogP contribution in [0.1, 0.15) is 42.2 Å². The van der Waals surface area contributed by atoms with Crippen LogP contribution in [0.2, 0.25) is 0 Å². The number of benzene rings is 3. The van der Waals surface area contributed by atoms with Crippen LogP contribution in [0, 0.1) is 10.1 Å². The van der Waals surface area contributed by atoms with Crippen LogP contribution >= 0.6 is 0 Å². The third-order valence-corrected chi connectivity index (χ3v) is 6.00. The van der Waals surface area contributed by atoms with Crippen molar-refractivity contribution in [2.24, 2.45) is 0 Å². The standard InChI is InChI=1S/C24H16N2O7/c27-19(13-3-7-16(8-4-13)26(31)32)12-33-20(28)11-25-23(29)17-9-5-14-1-2-15-6-10-18(24(25)30)22(17)21(14)15/h3-10H,1-2,11-12H2. The van der Waals surface area contributed by atoms with E-state index in [0.29, 0.717) is 16.5 Å². The maximum Gasteiger partial charge on any atom is 0.326 e. The molecule has 0 aromatic heterocycles. The fraction of sp³-hybridized carbons (Fsp3) is 0.167. The lowest BCUT2D eigenvalue weighted by atomic mass is 9.91. The van der Waals surface area contributed by atoms with Crippen molar-refractivity contribution in [1.29, 1.82) is 0 Å². The Hall–Kier alpha value is -4.40. The predicted octanol–water partition coefficient (Wildman–Crippen LogP) is 2.87. The Balaban J connectivity index is 1.30. The molecule has 3 aromatic rings. The predicted molar refractivity (Wildman–Crippen MR) is 115 cm³/mol. The normalized spacial score (nSPS) is 14.0. The van der Waals surface area contributed by atoms with Crippen molar-refractivity contribution in [1.82, 2.24) is 4.90 Å². The first-order chi connectivity index (χ1) is 15.8. The molecule has 0 bridgehead atoms. The highest BCUT2D eigenvalue weighted by Gasteiger charge is 2.36. The summed E-state index contributed by atoms with van der Waals surface area (Å²) in [5.74, 6) is -2.64. The summed E-state index contributed by atoms with van der Waals surface area (Å²) in [4.78, 5) is 61.5. The van der Waals surface area contributed by atoms with E-state index in [0.717, 1.165) is 34.3 Å². The highest BCUT2D eigenvalue weighted by Crippen LogP contribution is 2.38. The molecule has 0 N–H and O–H groups in total. The number of rotatable bonds is 6. The molecule has 9 nitrogen and oxygen atoms in total. The molecule has 0 spiro atoms. The zero-order valence-electron chi connectivity index (χ0n) is 17.2. The molecule has 3 aromatic carbocycles. The van der Waals surface area contributed by atoms with Crippen LogP contribution in [0.25, 0.3) is 10.8 Å². The zero-order chi connectivity index (χ0) is 23.3. The molecule has 1 heterocycles. The lowest BCUT2D eigenvalue weighted by molar-refractivity contribution is -0.384. The van der Waals surface area contributed by atoms with Crippen molar-refractivity contribution in [3.8, 4) is 0 Å². The second kappa shape index (κ2) is 7.63. The van der Waals surface area contributed by atoms with Crippen molar-refractivity contribution >= 4 is 40.0 Å². The SMILES string of the molecule is O=C(CN1C(=O)c2ccc3c4c(ccc(c24)C1=O)CC3)OCC(=O)c1ccc([N+](=O)[O-])cc1. The van der Waals surface area contributed by atoms with E-state index in [-0.39, 0.29) is 11.3 Å². The molecule has 5 rings (SSSR count). The van der Waals surface area contributed by atoms with Gasteiger partial charge in [-0.1, -0.05) is 12.1 Å². The summed E-state index contributed by atoms with van der Waals surface area (Å²) in [5, 5.41) is 12.3. The molecular formula is C24H16N2O7. The van der Waals surface area contributed by atoms with Gasteiger partial charge in [0.25, 0.3) is 17.5 Å². The number of amides is 2. The lowest BCUT2D eigenvalue weighted by Crippen LogP contribution is -2.44. The van der Waals surface area contributed by atoms with Gasteiger partial charge in [0.2, 0.25) is 0 Å². The molecule has 0 saturated carbocycles. The number of esters is 1. The molecule has 2 aliphatic rings. The van der Waals surface area contributed by atoms with Gasteiger partial charge in [-0.25, -0.2) is 0 Å². The number of hydrogen-bond donors (Lipinski definition) is 0. The monoisotopic (exact) mass is 444 g/mol. The van der Waals surface area contributed by atoms with Gasteiger partial charge in [-0.3, -0.25) is 34.2 Å². The first kappa shape index (κ1) is 20.5. The van der Waals surface area contributed by atoms with Crippen molar-refractivity contribution in [3.63, 3.8) is 0 Å². The van der Waals surface area contributed by atoms with Crippen LogP contribution < -0.4 is 0 Å².